The number of ketones is 1. The molecule has 1 aliphatic heterocycles. The molecule has 34 heavy (non-hydrogen) atoms. The number of Topliss-reactive ketones (excluding diaryl/α,β-unsaturated/α-hetero) is 1. The quantitative estimate of drug-likeness (QED) is 0.564. The minimum Gasteiger partial charge on any atom is -0.392 e. The lowest BCUT2D eigenvalue weighted by Gasteiger charge is -2.34. The molecule has 0 bridgehead atoms. The molecule has 0 saturated heterocycles. The number of nitrogens with one attached hydrogen (secondary N) is 1. The molecule has 1 aromatic rings. The summed E-state index contributed by atoms with van der Waals surface area (Å²) in [5.41, 5.74) is 1.70. The Bertz CT molecular complexity index is 960. The van der Waals surface area contributed by atoms with Crippen LogP contribution in [0.25, 0.3) is 6.08 Å². The fourth-order valence-corrected chi connectivity index (χ4v) is 4.77. The van der Waals surface area contributed by atoms with Gasteiger partial charge in [-0.25, -0.2) is 4.98 Å². The molecular formula is C27H40N2O4S. The van der Waals surface area contributed by atoms with Crippen LogP contribution in [0.5, 0.6) is 0 Å². The van der Waals surface area contributed by atoms with Crippen LogP contribution in [0.4, 0.5) is 0 Å². The van der Waals surface area contributed by atoms with E-state index in [1.807, 2.05) is 51.3 Å². The lowest BCUT2D eigenvalue weighted by atomic mass is 9.73. The van der Waals surface area contributed by atoms with Crippen molar-refractivity contribution in [3.8, 4) is 0 Å². The SMILES string of the molecule is CC1=C/C[C@@H](/C(C)=C/c2csc(C)n2)NC(=O)C[C@H](O)C(C)(C)C(=O)[C@H](C)C(O)[C@@H](C)C\C=C\1. The van der Waals surface area contributed by atoms with Crippen molar-refractivity contribution in [3.05, 3.63) is 45.5 Å². The first-order chi connectivity index (χ1) is 15.8. The normalized spacial score (nSPS) is 32.6. The van der Waals surface area contributed by atoms with E-state index in [1.54, 1.807) is 32.1 Å². The molecular weight excluding hydrogens is 448 g/mol. The molecule has 1 aromatic heterocycles. The van der Waals surface area contributed by atoms with Gasteiger partial charge >= 0.3 is 0 Å². The Balaban J connectivity index is 2.38. The zero-order chi connectivity index (χ0) is 25.6. The molecule has 0 saturated carbocycles. The summed E-state index contributed by atoms with van der Waals surface area (Å²) in [5.74, 6) is -1.34. The number of aliphatic hydroxyl groups is 2. The molecule has 0 radical (unpaired) electrons. The van der Waals surface area contributed by atoms with Gasteiger partial charge in [0.15, 0.2) is 0 Å². The number of aromatic nitrogens is 1. The smallest absolute Gasteiger partial charge is 0.223 e. The topological polar surface area (TPSA) is 99.5 Å². The molecule has 2 rings (SSSR count). The number of amides is 1. The monoisotopic (exact) mass is 488 g/mol. The highest BCUT2D eigenvalue weighted by Gasteiger charge is 2.42. The Morgan fingerprint density at radius 3 is 2.50 bits per heavy atom. The zero-order valence-electron chi connectivity index (χ0n) is 21.5. The Kier molecular flexibility index (Phi) is 9.97. The van der Waals surface area contributed by atoms with E-state index in [0.29, 0.717) is 12.8 Å². The van der Waals surface area contributed by atoms with Gasteiger partial charge in [-0.2, -0.15) is 0 Å². The Morgan fingerprint density at radius 2 is 1.88 bits per heavy atom. The lowest BCUT2D eigenvalue weighted by Crippen LogP contribution is -2.47. The summed E-state index contributed by atoms with van der Waals surface area (Å²) in [6.45, 7) is 12.8. The van der Waals surface area contributed by atoms with Crippen LogP contribution in [-0.2, 0) is 9.59 Å². The Hall–Kier alpha value is -2.09. The van der Waals surface area contributed by atoms with E-state index >= 15 is 0 Å². The summed E-state index contributed by atoms with van der Waals surface area (Å²) < 4.78 is 0. The third-order valence-corrected chi connectivity index (χ3v) is 7.61. The van der Waals surface area contributed by atoms with Gasteiger partial charge in [0.25, 0.3) is 0 Å². The van der Waals surface area contributed by atoms with E-state index in [0.717, 1.165) is 21.8 Å². The zero-order valence-corrected chi connectivity index (χ0v) is 22.3. The molecule has 3 N–H and O–H groups in total. The summed E-state index contributed by atoms with van der Waals surface area (Å²) in [4.78, 5) is 30.6. The van der Waals surface area contributed by atoms with Crippen molar-refractivity contribution in [2.24, 2.45) is 17.3 Å². The van der Waals surface area contributed by atoms with Crippen molar-refractivity contribution in [2.45, 2.75) is 86.0 Å². The van der Waals surface area contributed by atoms with Crippen LogP contribution >= 0.6 is 11.3 Å². The highest BCUT2D eigenvalue weighted by Crippen LogP contribution is 2.31. The maximum atomic E-state index is 13.2. The second kappa shape index (κ2) is 12.0. The van der Waals surface area contributed by atoms with Gasteiger partial charge in [-0.3, -0.25) is 9.59 Å². The number of carbonyl (C=O) groups excluding carboxylic acids is 2. The number of aliphatic hydroxyl groups excluding tert-OH is 2. The third-order valence-electron chi connectivity index (χ3n) is 6.82. The highest BCUT2D eigenvalue weighted by atomic mass is 32.1. The van der Waals surface area contributed by atoms with Gasteiger partial charge in [0.1, 0.15) is 5.78 Å². The molecule has 0 aromatic carbocycles. The van der Waals surface area contributed by atoms with Crippen LogP contribution in [0.3, 0.4) is 0 Å². The predicted octanol–water partition coefficient (Wildman–Crippen LogP) is 4.62. The number of thiazole rings is 1. The van der Waals surface area contributed by atoms with Gasteiger partial charge in [0.05, 0.1) is 40.8 Å². The number of nitrogens with zero attached hydrogens (tertiary/aromatic N) is 1. The molecule has 1 unspecified atom stereocenters. The van der Waals surface area contributed by atoms with E-state index in [4.69, 9.17) is 0 Å². The summed E-state index contributed by atoms with van der Waals surface area (Å²) >= 11 is 1.57. The molecule has 188 valence electrons. The fraction of sp³-hybridized carbons (Fsp3) is 0.593. The average Bonchev–Trinajstić information content (AvgIpc) is 3.18. The van der Waals surface area contributed by atoms with E-state index in [2.05, 4.69) is 16.4 Å². The molecule has 1 aliphatic rings. The second-order valence-electron chi connectivity index (χ2n) is 10.2. The molecule has 0 aliphatic carbocycles. The van der Waals surface area contributed by atoms with Crippen molar-refractivity contribution in [2.75, 3.05) is 0 Å². The molecule has 0 fully saturated rings. The van der Waals surface area contributed by atoms with E-state index in [1.165, 1.54) is 0 Å². The fourth-order valence-electron chi connectivity index (χ4n) is 4.20. The maximum Gasteiger partial charge on any atom is 0.223 e. The van der Waals surface area contributed by atoms with Crippen LogP contribution in [0, 0.1) is 24.2 Å². The molecule has 5 atom stereocenters. The largest absolute Gasteiger partial charge is 0.392 e. The van der Waals surface area contributed by atoms with Gasteiger partial charge in [-0.1, -0.05) is 51.5 Å². The molecule has 1 amide bonds. The van der Waals surface area contributed by atoms with Crippen LogP contribution in [0.1, 0.15) is 71.5 Å². The van der Waals surface area contributed by atoms with Crippen molar-refractivity contribution in [1.82, 2.24) is 10.3 Å². The summed E-state index contributed by atoms with van der Waals surface area (Å²) in [7, 11) is 0. The lowest BCUT2D eigenvalue weighted by molar-refractivity contribution is -0.143. The van der Waals surface area contributed by atoms with Crippen LogP contribution in [0.2, 0.25) is 0 Å². The van der Waals surface area contributed by atoms with Crippen LogP contribution in [-0.4, -0.2) is 45.1 Å². The van der Waals surface area contributed by atoms with Gasteiger partial charge < -0.3 is 15.5 Å². The van der Waals surface area contributed by atoms with Gasteiger partial charge in [-0.15, -0.1) is 11.3 Å². The summed E-state index contributed by atoms with van der Waals surface area (Å²) in [6.07, 6.45) is 7.09. The minimum absolute atomic E-state index is 0.119. The van der Waals surface area contributed by atoms with Crippen LogP contribution < -0.4 is 5.32 Å². The maximum absolute atomic E-state index is 13.2. The Labute approximate surface area is 207 Å². The standard InChI is InChI=1S/C27H40N2O4S/c1-16-9-8-10-17(2)25(32)19(4)26(33)27(6,7)23(30)14-24(31)29-22(12-11-16)18(3)13-21-15-34-20(5)28-21/h8-9,11,13,15,17,19,22-23,25,30,32H,10,12,14H2,1-7H3,(H,29,31)/b9-8+,16-11-,18-13+/t17-,19+,22-,23-,25?/m0/s1. The van der Waals surface area contributed by atoms with Crippen molar-refractivity contribution < 1.29 is 19.8 Å². The number of hydrogen-bond acceptors (Lipinski definition) is 6. The van der Waals surface area contributed by atoms with Crippen molar-refractivity contribution >= 4 is 29.1 Å². The van der Waals surface area contributed by atoms with E-state index < -0.39 is 23.5 Å². The first-order valence-corrected chi connectivity index (χ1v) is 12.8. The van der Waals surface area contributed by atoms with E-state index in [-0.39, 0.29) is 30.1 Å². The Morgan fingerprint density at radius 1 is 1.21 bits per heavy atom. The average molecular weight is 489 g/mol. The van der Waals surface area contributed by atoms with Crippen molar-refractivity contribution in [1.29, 1.82) is 0 Å². The number of hydrogen-bond donors (Lipinski definition) is 3. The number of carbonyl (C=O) groups is 2. The van der Waals surface area contributed by atoms with E-state index in [9.17, 15) is 19.8 Å². The summed E-state index contributed by atoms with van der Waals surface area (Å²) in [6, 6.07) is -0.267. The first-order valence-electron chi connectivity index (χ1n) is 12.0. The summed E-state index contributed by atoms with van der Waals surface area (Å²) in [5, 5.41) is 27.6. The first kappa shape index (κ1) is 28.1. The number of allylic oxidation sites excluding steroid dienone is 3. The second-order valence-corrected chi connectivity index (χ2v) is 11.2. The number of aryl methyl sites for hydroxylation is 1. The van der Waals surface area contributed by atoms with Crippen LogP contribution in [0.15, 0.2) is 34.8 Å². The number of rotatable bonds is 2. The minimum atomic E-state index is -1.17. The van der Waals surface area contributed by atoms with Gasteiger partial charge in [0, 0.05) is 11.3 Å². The highest BCUT2D eigenvalue weighted by molar-refractivity contribution is 7.09. The molecule has 2 heterocycles. The molecule has 7 heteroatoms. The van der Waals surface area contributed by atoms with Crippen molar-refractivity contribution in [3.63, 3.8) is 0 Å². The molecule has 6 nitrogen and oxygen atoms in total. The van der Waals surface area contributed by atoms with Gasteiger partial charge in [-0.05, 0) is 51.2 Å². The third kappa shape index (κ3) is 7.45. The molecule has 0 spiro atoms. The van der Waals surface area contributed by atoms with Gasteiger partial charge in [0.2, 0.25) is 5.91 Å². The predicted molar refractivity (Wildman–Crippen MR) is 138 cm³/mol.